The number of anilines is 1. The Morgan fingerprint density at radius 1 is 0.966 bits per heavy atom. The predicted molar refractivity (Wildman–Crippen MR) is 116 cm³/mol. The molecular weight excluding hydrogens is 366 g/mol. The first-order valence-corrected chi connectivity index (χ1v) is 10.4. The summed E-state index contributed by atoms with van der Waals surface area (Å²) in [4.78, 5) is 26.2. The SMILES string of the molecule is CCCCCCOC(=O)c1ccc(CC)c(CC)c1C(=O)c1ccc(O)cc1N. The molecule has 0 aliphatic rings. The molecular formula is C24H31NO4. The number of ketones is 1. The molecule has 5 nitrogen and oxygen atoms in total. The van der Waals surface area contributed by atoms with E-state index in [0.717, 1.165) is 43.2 Å². The Hall–Kier alpha value is -2.82. The van der Waals surface area contributed by atoms with Crippen LogP contribution < -0.4 is 5.73 Å². The Kier molecular flexibility index (Phi) is 8.25. The van der Waals surface area contributed by atoms with Crippen molar-refractivity contribution in [2.75, 3.05) is 12.3 Å². The highest BCUT2D eigenvalue weighted by molar-refractivity contribution is 6.17. The molecule has 0 heterocycles. The lowest BCUT2D eigenvalue weighted by Gasteiger charge is -2.17. The number of phenolic OH excluding ortho intramolecular Hbond substituents is 1. The number of carbonyl (C=O) groups excluding carboxylic acids is 2. The molecule has 156 valence electrons. The molecule has 5 heteroatoms. The van der Waals surface area contributed by atoms with Crippen LogP contribution in [0.25, 0.3) is 0 Å². The summed E-state index contributed by atoms with van der Waals surface area (Å²) < 4.78 is 5.46. The summed E-state index contributed by atoms with van der Waals surface area (Å²) in [6.45, 7) is 6.44. The van der Waals surface area contributed by atoms with E-state index >= 15 is 0 Å². The number of unbranched alkanes of at least 4 members (excludes halogenated alkanes) is 3. The summed E-state index contributed by atoms with van der Waals surface area (Å²) in [6.07, 6.45) is 5.39. The number of carbonyl (C=O) groups is 2. The van der Waals surface area contributed by atoms with E-state index in [2.05, 4.69) is 6.92 Å². The molecule has 0 fully saturated rings. The molecule has 0 amide bonds. The molecule has 0 radical (unpaired) electrons. The molecule has 0 spiro atoms. The maximum Gasteiger partial charge on any atom is 0.338 e. The number of aromatic hydroxyl groups is 1. The van der Waals surface area contributed by atoms with Crippen LogP contribution in [0.5, 0.6) is 5.75 Å². The van der Waals surface area contributed by atoms with Crippen LogP contribution in [0.15, 0.2) is 30.3 Å². The number of nitrogens with two attached hydrogens (primary N) is 1. The Bertz CT molecular complexity index is 873. The van der Waals surface area contributed by atoms with Crippen LogP contribution in [0.2, 0.25) is 0 Å². The van der Waals surface area contributed by atoms with E-state index in [1.807, 2.05) is 19.9 Å². The Labute approximate surface area is 172 Å². The van der Waals surface area contributed by atoms with Crippen LogP contribution in [0.1, 0.15) is 83.9 Å². The molecule has 2 aromatic rings. The minimum Gasteiger partial charge on any atom is -0.508 e. The quantitative estimate of drug-likeness (QED) is 0.253. The average Bonchev–Trinajstić information content (AvgIpc) is 2.71. The molecule has 2 rings (SSSR count). The highest BCUT2D eigenvalue weighted by Gasteiger charge is 2.25. The molecule has 0 saturated heterocycles. The molecule has 0 aromatic heterocycles. The lowest BCUT2D eigenvalue weighted by Crippen LogP contribution is -2.18. The third kappa shape index (κ3) is 5.37. The van der Waals surface area contributed by atoms with Gasteiger partial charge in [0.05, 0.1) is 12.2 Å². The maximum atomic E-state index is 13.4. The summed E-state index contributed by atoms with van der Waals surface area (Å²) in [5.74, 6) is -0.823. The van der Waals surface area contributed by atoms with Crippen molar-refractivity contribution in [3.63, 3.8) is 0 Å². The number of aryl methyl sites for hydroxylation is 1. The Morgan fingerprint density at radius 2 is 1.69 bits per heavy atom. The van der Waals surface area contributed by atoms with Crippen LogP contribution in [0.3, 0.4) is 0 Å². The van der Waals surface area contributed by atoms with Gasteiger partial charge in [0, 0.05) is 22.9 Å². The van der Waals surface area contributed by atoms with Crippen LogP contribution in [-0.4, -0.2) is 23.5 Å². The predicted octanol–water partition coefficient (Wildman–Crippen LogP) is 5.07. The van der Waals surface area contributed by atoms with Gasteiger partial charge in [0.15, 0.2) is 5.78 Å². The zero-order chi connectivity index (χ0) is 21.4. The summed E-state index contributed by atoms with van der Waals surface area (Å²) in [7, 11) is 0. The van der Waals surface area contributed by atoms with Crippen LogP contribution >= 0.6 is 0 Å². The van der Waals surface area contributed by atoms with E-state index in [1.54, 1.807) is 6.07 Å². The highest BCUT2D eigenvalue weighted by atomic mass is 16.5. The Balaban J connectivity index is 2.44. The number of hydrogen-bond donors (Lipinski definition) is 2. The van der Waals surface area contributed by atoms with Crippen molar-refractivity contribution in [2.24, 2.45) is 0 Å². The van der Waals surface area contributed by atoms with Gasteiger partial charge in [-0.1, -0.05) is 46.1 Å². The van der Waals surface area contributed by atoms with E-state index in [0.29, 0.717) is 18.6 Å². The van der Waals surface area contributed by atoms with Gasteiger partial charge in [-0.25, -0.2) is 4.79 Å². The first kappa shape index (κ1) is 22.5. The molecule has 3 N–H and O–H groups in total. The maximum absolute atomic E-state index is 13.4. The fourth-order valence-electron chi connectivity index (χ4n) is 3.52. The minimum atomic E-state index is -0.487. The molecule has 0 aliphatic carbocycles. The second-order valence-corrected chi connectivity index (χ2v) is 7.13. The zero-order valence-electron chi connectivity index (χ0n) is 17.6. The first-order chi connectivity index (χ1) is 13.9. The summed E-state index contributed by atoms with van der Waals surface area (Å²) >= 11 is 0. The van der Waals surface area contributed by atoms with Gasteiger partial charge in [-0.3, -0.25) is 4.79 Å². The minimum absolute atomic E-state index is 0.0104. The normalized spacial score (nSPS) is 10.7. The fourth-order valence-corrected chi connectivity index (χ4v) is 3.52. The van der Waals surface area contributed by atoms with Crippen molar-refractivity contribution in [1.82, 2.24) is 0 Å². The van der Waals surface area contributed by atoms with Crippen molar-refractivity contribution in [3.05, 3.63) is 58.1 Å². The number of benzene rings is 2. The van der Waals surface area contributed by atoms with Crippen molar-refractivity contribution in [2.45, 2.75) is 59.3 Å². The van der Waals surface area contributed by atoms with Gasteiger partial charge in [0.25, 0.3) is 0 Å². The van der Waals surface area contributed by atoms with Gasteiger partial charge in [-0.2, -0.15) is 0 Å². The topological polar surface area (TPSA) is 89.6 Å². The summed E-state index contributed by atoms with van der Waals surface area (Å²) in [6, 6.07) is 7.82. The van der Waals surface area contributed by atoms with Gasteiger partial charge in [-0.15, -0.1) is 0 Å². The number of hydrogen-bond acceptors (Lipinski definition) is 5. The number of esters is 1. The lowest BCUT2D eigenvalue weighted by molar-refractivity contribution is 0.0495. The van der Waals surface area contributed by atoms with Crippen LogP contribution in [-0.2, 0) is 17.6 Å². The fraction of sp³-hybridized carbons (Fsp3) is 0.417. The average molecular weight is 398 g/mol. The smallest absolute Gasteiger partial charge is 0.338 e. The Morgan fingerprint density at radius 3 is 2.31 bits per heavy atom. The zero-order valence-corrected chi connectivity index (χ0v) is 17.6. The molecule has 0 bridgehead atoms. The number of nitrogen functional groups attached to an aromatic ring is 1. The van der Waals surface area contributed by atoms with Gasteiger partial charge in [0.1, 0.15) is 5.75 Å². The summed E-state index contributed by atoms with van der Waals surface area (Å²) in [5.41, 5.74) is 8.90. The van der Waals surface area contributed by atoms with E-state index in [1.165, 1.54) is 18.2 Å². The molecule has 29 heavy (non-hydrogen) atoms. The molecule has 0 saturated carbocycles. The molecule has 2 aromatic carbocycles. The standard InChI is InChI=1S/C24H31NO4/c1-4-7-8-9-14-29-24(28)20-12-10-16(5-2)18(6-3)22(20)23(27)19-13-11-17(26)15-21(19)25/h10-13,15,26H,4-9,14,25H2,1-3H3. The third-order valence-electron chi connectivity index (χ3n) is 5.10. The molecule has 0 unspecified atom stereocenters. The van der Waals surface area contributed by atoms with E-state index in [4.69, 9.17) is 10.5 Å². The monoisotopic (exact) mass is 397 g/mol. The van der Waals surface area contributed by atoms with Crippen molar-refractivity contribution in [1.29, 1.82) is 0 Å². The lowest BCUT2D eigenvalue weighted by atomic mass is 9.87. The van der Waals surface area contributed by atoms with Crippen molar-refractivity contribution >= 4 is 17.4 Å². The van der Waals surface area contributed by atoms with Gasteiger partial charge >= 0.3 is 5.97 Å². The second-order valence-electron chi connectivity index (χ2n) is 7.13. The number of ether oxygens (including phenoxy) is 1. The summed E-state index contributed by atoms with van der Waals surface area (Å²) in [5, 5.41) is 9.61. The van der Waals surface area contributed by atoms with Crippen LogP contribution in [0.4, 0.5) is 5.69 Å². The van der Waals surface area contributed by atoms with E-state index in [9.17, 15) is 14.7 Å². The molecule has 0 atom stereocenters. The van der Waals surface area contributed by atoms with Gasteiger partial charge in [0.2, 0.25) is 0 Å². The van der Waals surface area contributed by atoms with Crippen molar-refractivity contribution < 1.29 is 19.4 Å². The number of rotatable bonds is 10. The second kappa shape index (κ2) is 10.6. The first-order valence-electron chi connectivity index (χ1n) is 10.4. The van der Waals surface area contributed by atoms with Gasteiger partial charge in [-0.05, 0) is 48.6 Å². The number of phenols is 1. The highest BCUT2D eigenvalue weighted by Crippen LogP contribution is 2.28. The van der Waals surface area contributed by atoms with Gasteiger partial charge < -0.3 is 15.6 Å². The van der Waals surface area contributed by atoms with E-state index < -0.39 is 5.97 Å². The van der Waals surface area contributed by atoms with Crippen LogP contribution in [0, 0.1) is 0 Å². The molecule has 0 aliphatic heterocycles. The third-order valence-corrected chi connectivity index (χ3v) is 5.10. The largest absolute Gasteiger partial charge is 0.508 e. The van der Waals surface area contributed by atoms with E-state index in [-0.39, 0.29) is 28.3 Å². The van der Waals surface area contributed by atoms with Crippen molar-refractivity contribution in [3.8, 4) is 5.75 Å².